The topological polar surface area (TPSA) is 69.7 Å². The predicted molar refractivity (Wildman–Crippen MR) is 121 cm³/mol. The third kappa shape index (κ3) is 7.36. The standard InChI is InChI=1S/C23H37N3O3S/c27-23(24-14-9-17-25-15-5-2-6-16-25)22-13-7-18-26(20-22)30(28,29)19-8-12-21-10-3-1-4-11-21/h1,3-4,10-11,22H,2,5-9,12-20H2,(H,24,27)/t22-/m1/s1. The highest BCUT2D eigenvalue weighted by Gasteiger charge is 2.31. The van der Waals surface area contributed by atoms with E-state index in [0.717, 1.165) is 37.8 Å². The summed E-state index contributed by atoms with van der Waals surface area (Å²) in [4.78, 5) is 15.0. The molecule has 7 heteroatoms. The Labute approximate surface area is 182 Å². The fraction of sp³-hybridized carbons (Fsp3) is 0.696. The maximum absolute atomic E-state index is 12.8. The van der Waals surface area contributed by atoms with Crippen LogP contribution in [0.5, 0.6) is 0 Å². The van der Waals surface area contributed by atoms with Crippen LogP contribution in [0.4, 0.5) is 0 Å². The molecule has 168 valence electrons. The number of benzene rings is 1. The second-order valence-electron chi connectivity index (χ2n) is 8.65. The van der Waals surface area contributed by atoms with E-state index in [1.807, 2.05) is 30.3 Å². The number of amides is 1. The van der Waals surface area contributed by atoms with Crippen LogP contribution in [0.15, 0.2) is 30.3 Å². The number of aryl methyl sites for hydroxylation is 1. The quantitative estimate of drug-likeness (QED) is 0.574. The van der Waals surface area contributed by atoms with E-state index in [-0.39, 0.29) is 17.6 Å². The summed E-state index contributed by atoms with van der Waals surface area (Å²) >= 11 is 0. The van der Waals surface area contributed by atoms with Crippen LogP contribution < -0.4 is 5.32 Å². The first-order chi connectivity index (χ1) is 14.5. The zero-order chi connectivity index (χ0) is 21.2. The Morgan fingerprint density at radius 1 is 1.00 bits per heavy atom. The molecule has 6 nitrogen and oxygen atoms in total. The first-order valence-corrected chi connectivity index (χ1v) is 13.2. The minimum atomic E-state index is -3.31. The highest BCUT2D eigenvalue weighted by atomic mass is 32.2. The normalized spacial score (nSPS) is 21.4. The first-order valence-electron chi connectivity index (χ1n) is 11.6. The highest BCUT2D eigenvalue weighted by molar-refractivity contribution is 7.89. The van der Waals surface area contributed by atoms with Gasteiger partial charge in [0.2, 0.25) is 15.9 Å². The largest absolute Gasteiger partial charge is 0.356 e. The van der Waals surface area contributed by atoms with Crippen LogP contribution in [-0.4, -0.2) is 68.6 Å². The van der Waals surface area contributed by atoms with E-state index >= 15 is 0 Å². The SMILES string of the molecule is O=C(NCCCN1CCCCC1)[C@@H]1CCCN(S(=O)(=O)CCCc2ccccc2)C1. The van der Waals surface area contributed by atoms with Crippen LogP contribution in [0.1, 0.15) is 50.5 Å². The molecule has 0 radical (unpaired) electrons. The van der Waals surface area contributed by atoms with Gasteiger partial charge in [0.1, 0.15) is 0 Å². The number of hydrogen-bond acceptors (Lipinski definition) is 4. The van der Waals surface area contributed by atoms with Crippen molar-refractivity contribution in [2.45, 2.75) is 51.4 Å². The fourth-order valence-corrected chi connectivity index (χ4v) is 6.06. The maximum atomic E-state index is 12.8. The number of carbonyl (C=O) groups excluding carboxylic acids is 1. The van der Waals surface area contributed by atoms with Gasteiger partial charge in [0.25, 0.3) is 0 Å². The number of piperidine rings is 2. The van der Waals surface area contributed by atoms with Gasteiger partial charge in [-0.2, -0.15) is 0 Å². The summed E-state index contributed by atoms with van der Waals surface area (Å²) in [5.74, 6) is -0.0676. The molecule has 1 N–H and O–H groups in total. The van der Waals surface area contributed by atoms with E-state index < -0.39 is 10.0 Å². The van der Waals surface area contributed by atoms with Gasteiger partial charge in [-0.25, -0.2) is 12.7 Å². The van der Waals surface area contributed by atoms with Crippen molar-refractivity contribution >= 4 is 15.9 Å². The number of carbonyl (C=O) groups is 1. The number of likely N-dealkylation sites (tertiary alicyclic amines) is 1. The van der Waals surface area contributed by atoms with Crippen LogP contribution in [-0.2, 0) is 21.2 Å². The molecule has 0 aliphatic carbocycles. The number of rotatable bonds is 10. The van der Waals surface area contributed by atoms with E-state index in [0.29, 0.717) is 26.1 Å². The summed E-state index contributed by atoms with van der Waals surface area (Å²) in [7, 11) is -3.31. The Morgan fingerprint density at radius 3 is 2.53 bits per heavy atom. The molecule has 1 amide bonds. The summed E-state index contributed by atoms with van der Waals surface area (Å²) in [6.07, 6.45) is 7.75. The van der Waals surface area contributed by atoms with Crippen molar-refractivity contribution in [3.05, 3.63) is 35.9 Å². The van der Waals surface area contributed by atoms with Crippen molar-refractivity contribution in [1.29, 1.82) is 0 Å². The average molecular weight is 436 g/mol. The minimum Gasteiger partial charge on any atom is -0.356 e. The zero-order valence-corrected chi connectivity index (χ0v) is 18.9. The van der Waals surface area contributed by atoms with Gasteiger partial charge in [-0.3, -0.25) is 4.79 Å². The smallest absolute Gasteiger partial charge is 0.224 e. The molecule has 0 saturated carbocycles. The average Bonchev–Trinajstić information content (AvgIpc) is 2.78. The molecule has 1 atom stereocenters. The van der Waals surface area contributed by atoms with Gasteiger partial charge in [0.05, 0.1) is 11.7 Å². The Hall–Kier alpha value is -1.44. The van der Waals surface area contributed by atoms with Crippen molar-refractivity contribution in [2.24, 2.45) is 5.92 Å². The van der Waals surface area contributed by atoms with Gasteiger partial charge in [-0.05, 0) is 70.1 Å². The molecular weight excluding hydrogens is 398 g/mol. The summed E-state index contributed by atoms with van der Waals surface area (Å²) in [5.41, 5.74) is 1.16. The fourth-order valence-electron chi connectivity index (χ4n) is 4.48. The summed E-state index contributed by atoms with van der Waals surface area (Å²) in [6.45, 7) is 4.92. The van der Waals surface area contributed by atoms with Crippen molar-refractivity contribution in [3.63, 3.8) is 0 Å². The van der Waals surface area contributed by atoms with Crippen LogP contribution in [0.3, 0.4) is 0 Å². The molecule has 0 bridgehead atoms. The van der Waals surface area contributed by atoms with Gasteiger partial charge in [-0.1, -0.05) is 36.8 Å². The third-order valence-electron chi connectivity index (χ3n) is 6.26. The van der Waals surface area contributed by atoms with Gasteiger partial charge in [0.15, 0.2) is 0 Å². The van der Waals surface area contributed by atoms with E-state index in [1.54, 1.807) is 4.31 Å². The maximum Gasteiger partial charge on any atom is 0.224 e. The zero-order valence-electron chi connectivity index (χ0n) is 18.1. The van der Waals surface area contributed by atoms with Crippen LogP contribution in [0, 0.1) is 5.92 Å². The summed E-state index contributed by atoms with van der Waals surface area (Å²) in [6, 6.07) is 9.97. The van der Waals surface area contributed by atoms with Gasteiger partial charge in [0, 0.05) is 19.6 Å². The molecule has 3 rings (SSSR count). The van der Waals surface area contributed by atoms with Crippen molar-refractivity contribution < 1.29 is 13.2 Å². The van der Waals surface area contributed by atoms with Crippen LogP contribution in [0.25, 0.3) is 0 Å². The second kappa shape index (κ2) is 11.8. The van der Waals surface area contributed by atoms with E-state index in [4.69, 9.17) is 0 Å². The molecular formula is C23H37N3O3S. The Balaban J connectivity index is 1.38. The number of nitrogens with one attached hydrogen (secondary N) is 1. The molecule has 0 aromatic heterocycles. The Bertz CT molecular complexity index is 748. The number of nitrogens with zero attached hydrogens (tertiary/aromatic N) is 2. The molecule has 2 heterocycles. The van der Waals surface area contributed by atoms with Crippen LogP contribution in [0.2, 0.25) is 0 Å². The second-order valence-corrected chi connectivity index (χ2v) is 10.7. The van der Waals surface area contributed by atoms with Crippen molar-refractivity contribution in [2.75, 3.05) is 45.0 Å². The molecule has 2 aliphatic heterocycles. The summed E-state index contributed by atoms with van der Waals surface area (Å²) < 4.78 is 27.1. The Morgan fingerprint density at radius 2 is 1.77 bits per heavy atom. The highest BCUT2D eigenvalue weighted by Crippen LogP contribution is 2.20. The molecule has 0 spiro atoms. The molecule has 1 aromatic carbocycles. The predicted octanol–water partition coefficient (Wildman–Crippen LogP) is 2.65. The van der Waals surface area contributed by atoms with Crippen molar-refractivity contribution in [3.8, 4) is 0 Å². The van der Waals surface area contributed by atoms with E-state index in [2.05, 4.69) is 10.2 Å². The molecule has 2 saturated heterocycles. The van der Waals surface area contributed by atoms with Crippen LogP contribution >= 0.6 is 0 Å². The molecule has 2 fully saturated rings. The molecule has 0 unspecified atom stereocenters. The lowest BCUT2D eigenvalue weighted by atomic mass is 9.99. The molecule has 2 aliphatic rings. The third-order valence-corrected chi connectivity index (χ3v) is 8.18. The first kappa shape index (κ1) is 23.2. The van der Waals surface area contributed by atoms with E-state index in [1.165, 1.54) is 32.4 Å². The minimum absolute atomic E-state index is 0.0119. The van der Waals surface area contributed by atoms with Crippen molar-refractivity contribution in [1.82, 2.24) is 14.5 Å². The molecule has 30 heavy (non-hydrogen) atoms. The lowest BCUT2D eigenvalue weighted by Gasteiger charge is -2.31. The van der Waals surface area contributed by atoms with Gasteiger partial charge in [-0.15, -0.1) is 0 Å². The lowest BCUT2D eigenvalue weighted by Crippen LogP contribution is -2.46. The van der Waals surface area contributed by atoms with E-state index in [9.17, 15) is 13.2 Å². The van der Waals surface area contributed by atoms with Gasteiger partial charge < -0.3 is 10.2 Å². The number of sulfonamides is 1. The summed E-state index contributed by atoms with van der Waals surface area (Å²) in [5, 5.41) is 3.04. The Kier molecular flexibility index (Phi) is 9.15. The lowest BCUT2D eigenvalue weighted by molar-refractivity contribution is -0.126. The monoisotopic (exact) mass is 435 g/mol. The molecule has 1 aromatic rings. The number of hydrogen-bond donors (Lipinski definition) is 1. The van der Waals surface area contributed by atoms with Gasteiger partial charge >= 0.3 is 0 Å².